The summed E-state index contributed by atoms with van der Waals surface area (Å²) < 4.78 is 74.0. The molecule has 474 valence electrons. The van der Waals surface area contributed by atoms with E-state index in [1.165, 1.54) is 51.8 Å². The average Bonchev–Trinajstić information content (AvgIpc) is 2.57. The standard InChI is InChI=1S/C34H35ClN3O10P.C24H33ClN3O10P/c1-37(19-7-6-18-35)49(44,46-21-25-16-17-32(47-25)38(42)43)48-24-14-12-23(13-15-24)20-31(33(39)40)36-34(41)45-22-30-28-10-4-2-8-26(28)27-9-3-5-11-29(27)30;1-24(2,3)37-23(31)26-20(22(29)30)15-17-7-9-18(10-8-17)38-39(34,27(4)14-6-5-13-25)35-16-19-11-12-21(36-19)28(32)33/h2-5,8-17,30-31H,6-7,18-22H2,1H3,(H,36,41)(H,39,40);7-12,20H,5-6,13-16H2,1-4H3,(H,26,31)(H,29,30). The van der Waals surface area contributed by atoms with Crippen LogP contribution in [-0.4, -0.2) is 117 Å². The number of fused-ring (bicyclic) bond motifs is 3. The molecule has 4 unspecified atom stereocenters. The Hall–Kier alpha value is -7.80. The highest BCUT2D eigenvalue weighted by Crippen LogP contribution is 2.53. The molecule has 30 heteroatoms. The van der Waals surface area contributed by atoms with Crippen LogP contribution in [-0.2, 0) is 63.3 Å². The third kappa shape index (κ3) is 20.7. The number of aliphatic carboxylic acids is 2. The summed E-state index contributed by atoms with van der Waals surface area (Å²) in [6, 6.07) is 30.6. The van der Waals surface area contributed by atoms with Crippen molar-refractivity contribution < 1.29 is 84.8 Å². The number of furan rings is 2. The van der Waals surface area contributed by atoms with E-state index in [0.717, 1.165) is 28.3 Å². The van der Waals surface area contributed by atoms with E-state index in [1.807, 2.05) is 48.5 Å². The summed E-state index contributed by atoms with van der Waals surface area (Å²) in [5.74, 6) is -2.25. The Bertz CT molecular complexity index is 3390. The number of carbonyl (C=O) groups is 4. The minimum absolute atomic E-state index is 0.0392. The SMILES string of the molecule is CN(CCCCCl)P(=O)(OCc1ccc([N+](=O)[O-])o1)Oc1ccc(CC(NC(=O)OC(C)(C)C)C(=O)O)cc1.CN(CCCCCl)P(=O)(OCc1ccc([N+](=O)[O-])o1)Oc1ccc(CC(NC(=O)OCC2c3ccccc3-c3ccccc32)C(=O)O)cc1. The van der Waals surface area contributed by atoms with Crippen molar-refractivity contribution in [2.24, 2.45) is 0 Å². The minimum atomic E-state index is -3.99. The van der Waals surface area contributed by atoms with Crippen LogP contribution in [0.5, 0.6) is 11.5 Å². The molecular formula is C58H68Cl2N6O20P2. The van der Waals surface area contributed by atoms with Gasteiger partial charge in [-0.05, 0) is 130 Å². The van der Waals surface area contributed by atoms with Gasteiger partial charge in [-0.2, -0.15) is 0 Å². The number of amides is 2. The number of carbonyl (C=O) groups excluding carboxylic acids is 2. The number of unbranched alkanes of at least 4 members (excludes halogenated alkanes) is 2. The molecule has 4 N–H and O–H groups in total. The van der Waals surface area contributed by atoms with E-state index in [9.17, 15) is 58.7 Å². The van der Waals surface area contributed by atoms with E-state index < -0.39 is 78.9 Å². The lowest BCUT2D eigenvalue weighted by Gasteiger charge is -2.27. The van der Waals surface area contributed by atoms with Crippen molar-refractivity contribution in [1.29, 1.82) is 0 Å². The van der Waals surface area contributed by atoms with Gasteiger partial charge in [0.25, 0.3) is 0 Å². The molecular weight excluding hydrogens is 1230 g/mol. The fourth-order valence-corrected chi connectivity index (χ4v) is 11.9. The Labute approximate surface area is 516 Å². The Morgan fingerprint density at radius 1 is 0.614 bits per heavy atom. The van der Waals surface area contributed by atoms with Gasteiger partial charge in [0, 0.05) is 43.6 Å². The fraction of sp³-hybridized carbons (Fsp3) is 0.379. The van der Waals surface area contributed by atoms with Gasteiger partial charge in [-0.1, -0.05) is 72.8 Å². The maximum Gasteiger partial charge on any atom is 0.461 e. The van der Waals surface area contributed by atoms with Crippen LogP contribution < -0.4 is 19.7 Å². The summed E-state index contributed by atoms with van der Waals surface area (Å²) in [4.78, 5) is 69.0. The van der Waals surface area contributed by atoms with E-state index in [4.69, 9.17) is 59.6 Å². The van der Waals surface area contributed by atoms with Crippen LogP contribution in [0.15, 0.2) is 130 Å². The van der Waals surface area contributed by atoms with Gasteiger partial charge in [-0.25, -0.2) is 37.6 Å². The number of carboxylic acids is 2. The number of ether oxygens (including phenoxy) is 2. The third-order valence-corrected chi connectivity index (χ3v) is 17.5. The molecule has 0 fully saturated rings. The van der Waals surface area contributed by atoms with Crippen LogP contribution in [0, 0.1) is 20.2 Å². The molecule has 2 aromatic heterocycles. The predicted octanol–water partition coefficient (Wildman–Crippen LogP) is 12.7. The van der Waals surface area contributed by atoms with Gasteiger partial charge in [0.1, 0.15) is 70.4 Å². The van der Waals surface area contributed by atoms with Crippen molar-refractivity contribution in [1.82, 2.24) is 20.0 Å². The topological polar surface area (TPSA) is 341 Å². The number of benzene rings is 4. The van der Waals surface area contributed by atoms with Gasteiger partial charge in [0.2, 0.25) is 0 Å². The molecule has 0 bridgehead atoms. The Kier molecular flexibility index (Phi) is 25.5. The number of nitrogens with one attached hydrogen (secondary N) is 2. The smallest absolute Gasteiger partial charge is 0.461 e. The molecule has 26 nitrogen and oxygen atoms in total. The second kappa shape index (κ2) is 32.4. The summed E-state index contributed by atoms with van der Waals surface area (Å²) in [6.45, 7) is 4.98. The van der Waals surface area contributed by atoms with Gasteiger partial charge < -0.3 is 48.2 Å². The fourth-order valence-electron chi connectivity index (χ4n) is 8.62. The summed E-state index contributed by atoms with van der Waals surface area (Å²) in [7, 11) is -4.85. The number of halogens is 2. The van der Waals surface area contributed by atoms with Gasteiger partial charge in [0.05, 0.1) is 12.1 Å². The van der Waals surface area contributed by atoms with Crippen LogP contribution in [0.25, 0.3) is 11.1 Å². The number of alkyl carbamates (subject to hydrolysis) is 2. The first-order chi connectivity index (χ1) is 41.8. The van der Waals surface area contributed by atoms with Crippen molar-refractivity contribution in [2.45, 2.75) is 96.1 Å². The predicted molar refractivity (Wildman–Crippen MR) is 323 cm³/mol. The number of hydrogen-bond donors (Lipinski definition) is 4. The number of hydrogen-bond acceptors (Lipinski definition) is 18. The van der Waals surface area contributed by atoms with Crippen molar-refractivity contribution >= 4 is 74.6 Å². The first-order valence-corrected chi connectivity index (χ1v) is 31.5. The lowest BCUT2D eigenvalue weighted by molar-refractivity contribution is -0.402. The zero-order valence-electron chi connectivity index (χ0n) is 48.7. The second-order valence-electron chi connectivity index (χ2n) is 20.8. The maximum absolute atomic E-state index is 13.9. The molecule has 7 rings (SSSR count). The van der Waals surface area contributed by atoms with Crippen molar-refractivity contribution in [3.8, 4) is 22.6 Å². The number of nitrogens with zero attached hydrogens (tertiary/aromatic N) is 4. The normalized spacial score (nSPS) is 14.0. The van der Waals surface area contributed by atoms with Crippen molar-refractivity contribution in [2.75, 3.05) is 45.6 Å². The van der Waals surface area contributed by atoms with E-state index >= 15 is 0 Å². The molecule has 2 amide bonds. The van der Waals surface area contributed by atoms with Crippen LogP contribution in [0.2, 0.25) is 0 Å². The minimum Gasteiger partial charge on any atom is -0.480 e. The molecule has 88 heavy (non-hydrogen) atoms. The van der Waals surface area contributed by atoms with Crippen molar-refractivity contribution in [3.63, 3.8) is 0 Å². The van der Waals surface area contributed by atoms with E-state index in [0.29, 0.717) is 61.7 Å². The molecule has 6 aromatic rings. The summed E-state index contributed by atoms with van der Waals surface area (Å²) >= 11 is 11.5. The molecule has 0 saturated carbocycles. The number of rotatable bonds is 32. The van der Waals surface area contributed by atoms with Crippen LogP contribution in [0.1, 0.15) is 86.1 Å². The lowest BCUT2D eigenvalue weighted by Crippen LogP contribution is -2.44. The number of alkyl halides is 2. The van der Waals surface area contributed by atoms with Gasteiger partial charge >= 0.3 is 51.4 Å². The van der Waals surface area contributed by atoms with Crippen LogP contribution in [0.3, 0.4) is 0 Å². The highest BCUT2D eigenvalue weighted by molar-refractivity contribution is 7.51. The molecule has 1 aliphatic carbocycles. The van der Waals surface area contributed by atoms with Gasteiger partial charge in [0.15, 0.2) is 0 Å². The number of nitro groups is 2. The summed E-state index contributed by atoms with van der Waals surface area (Å²) in [5.41, 5.74) is 4.54. The average molecular weight is 1300 g/mol. The largest absolute Gasteiger partial charge is 0.480 e. The first-order valence-electron chi connectivity index (χ1n) is 27.4. The van der Waals surface area contributed by atoms with Crippen molar-refractivity contribution in [3.05, 3.63) is 175 Å². The third-order valence-electron chi connectivity index (χ3n) is 13.1. The molecule has 1 aliphatic rings. The number of carboxylic acid groups (broad SMARTS) is 2. The van der Waals surface area contributed by atoms with Gasteiger partial charge in [-0.15, -0.1) is 23.2 Å². The van der Waals surface area contributed by atoms with E-state index in [1.54, 1.807) is 59.1 Å². The Morgan fingerprint density at radius 3 is 1.38 bits per heavy atom. The second-order valence-corrected chi connectivity index (χ2v) is 25.7. The van der Waals surface area contributed by atoms with E-state index in [-0.39, 0.29) is 61.6 Å². The highest BCUT2D eigenvalue weighted by Gasteiger charge is 2.36. The summed E-state index contributed by atoms with van der Waals surface area (Å²) in [6.07, 6.45) is 0.742. The summed E-state index contributed by atoms with van der Waals surface area (Å²) in [5, 5.41) is 46.0. The Morgan fingerprint density at radius 2 is 1.01 bits per heavy atom. The lowest BCUT2D eigenvalue weighted by atomic mass is 9.98. The molecule has 2 heterocycles. The monoisotopic (exact) mass is 1300 g/mol. The Balaban J connectivity index is 0.000000289. The quantitative estimate of drug-likeness (QED) is 0.0100. The molecule has 0 spiro atoms. The van der Waals surface area contributed by atoms with Gasteiger partial charge in [-0.3, -0.25) is 29.3 Å². The van der Waals surface area contributed by atoms with E-state index in [2.05, 4.69) is 10.6 Å². The zero-order chi connectivity index (χ0) is 64.2. The first kappa shape index (κ1) is 69.3. The molecule has 0 saturated heterocycles. The molecule has 4 atom stereocenters. The van der Waals surface area contributed by atoms with Crippen LogP contribution in [0.4, 0.5) is 21.4 Å². The van der Waals surface area contributed by atoms with Crippen LogP contribution >= 0.6 is 38.7 Å². The zero-order valence-corrected chi connectivity index (χ0v) is 52.0. The molecule has 0 radical (unpaired) electrons. The highest BCUT2D eigenvalue weighted by atomic mass is 35.5. The molecule has 0 aliphatic heterocycles. The molecule has 4 aromatic carbocycles. The maximum atomic E-state index is 13.9.